The number of nitrogens with zero attached hydrogens (tertiary/aromatic N) is 1. The van der Waals surface area contributed by atoms with E-state index >= 15 is 0 Å². The van der Waals surface area contributed by atoms with E-state index in [-0.39, 0.29) is 18.8 Å². The molecule has 45 heavy (non-hydrogen) atoms. The molecule has 0 fully saturated rings. The predicted octanol–water partition coefficient (Wildman–Crippen LogP) is 6.84. The summed E-state index contributed by atoms with van der Waals surface area (Å²) in [6.07, 6.45) is -10.7. The van der Waals surface area contributed by atoms with Crippen molar-refractivity contribution in [2.45, 2.75) is 49.3 Å². The van der Waals surface area contributed by atoms with Crippen molar-refractivity contribution in [1.29, 1.82) is 0 Å². The zero-order valence-electron chi connectivity index (χ0n) is 22.7. The van der Waals surface area contributed by atoms with Gasteiger partial charge in [-0.25, -0.2) is 14.0 Å². The van der Waals surface area contributed by atoms with Gasteiger partial charge in [-0.15, -0.1) is 0 Å². The van der Waals surface area contributed by atoms with Crippen LogP contribution in [0.5, 0.6) is 11.5 Å². The summed E-state index contributed by atoms with van der Waals surface area (Å²) in [4.78, 5) is 23.3. The second-order valence-electron chi connectivity index (χ2n) is 9.15. The first-order valence-corrected chi connectivity index (χ1v) is 12.4. The van der Waals surface area contributed by atoms with Crippen molar-refractivity contribution in [3.63, 3.8) is 0 Å². The minimum Gasteiger partial charge on any atom is -0.492 e. The molecule has 0 saturated heterocycles. The van der Waals surface area contributed by atoms with Gasteiger partial charge in [0.2, 0.25) is 0 Å². The van der Waals surface area contributed by atoms with Crippen molar-refractivity contribution in [2.75, 3.05) is 26.3 Å². The summed E-state index contributed by atoms with van der Waals surface area (Å²) in [5.74, 6) is -31.9. The Morgan fingerprint density at radius 2 is 1.33 bits per heavy atom. The molecule has 0 aliphatic rings. The average Bonchev–Trinajstić information content (AvgIpc) is 2.93. The molecular formula is C26H23F12NO6. The maximum absolute atomic E-state index is 14.5. The molecule has 7 nitrogen and oxygen atoms in total. The number of aliphatic carboxylic acids is 1. The average molecular weight is 673 g/mol. The molecular weight excluding hydrogens is 650 g/mol. The fourth-order valence-electron chi connectivity index (χ4n) is 3.47. The Hall–Kier alpha value is -3.90. The molecule has 0 heterocycles. The first-order valence-electron chi connectivity index (χ1n) is 12.4. The van der Waals surface area contributed by atoms with E-state index in [9.17, 15) is 62.3 Å². The standard InChI is InChI=1S/C26H23F12NO6/c1-2-43-19(20(40)41)13-15-3-7-17(8-4-15)44-12-11-39(21(42)45-18-9-5-16(27)6-10-18)14-22(28,29)23(30,31)24(32,33)25(34,35)26(36,37)38/h3-10,19H,2,11-14H2,1H3,(H,40,41). The normalized spacial score (nSPS) is 13.7. The van der Waals surface area contributed by atoms with Crippen molar-refractivity contribution < 1.29 is 81.6 Å². The Labute approximate surface area is 246 Å². The van der Waals surface area contributed by atoms with E-state index in [0.29, 0.717) is 17.7 Å². The van der Waals surface area contributed by atoms with Crippen LogP contribution in [0.1, 0.15) is 12.5 Å². The fraction of sp³-hybridized carbons (Fsp3) is 0.462. The fourth-order valence-corrected chi connectivity index (χ4v) is 3.47. The first kappa shape index (κ1) is 37.3. The summed E-state index contributed by atoms with van der Waals surface area (Å²) in [5.41, 5.74) is 0.422. The zero-order chi connectivity index (χ0) is 34.4. The number of hydrogen-bond acceptors (Lipinski definition) is 5. The van der Waals surface area contributed by atoms with E-state index in [1.165, 1.54) is 24.3 Å². The van der Waals surface area contributed by atoms with Gasteiger partial charge < -0.3 is 19.3 Å². The number of hydrogen-bond donors (Lipinski definition) is 1. The van der Waals surface area contributed by atoms with Gasteiger partial charge >= 0.3 is 41.9 Å². The number of carbonyl (C=O) groups is 2. The van der Waals surface area contributed by atoms with Crippen LogP contribution in [-0.4, -0.2) is 84.3 Å². The van der Waals surface area contributed by atoms with Gasteiger partial charge in [-0.1, -0.05) is 12.1 Å². The van der Waals surface area contributed by atoms with E-state index in [0.717, 1.165) is 12.1 Å². The second-order valence-corrected chi connectivity index (χ2v) is 9.15. The predicted molar refractivity (Wildman–Crippen MR) is 129 cm³/mol. The number of amides is 1. The van der Waals surface area contributed by atoms with Gasteiger partial charge in [0.15, 0.2) is 6.10 Å². The number of benzene rings is 2. The third-order valence-electron chi connectivity index (χ3n) is 5.89. The molecule has 0 saturated carbocycles. The largest absolute Gasteiger partial charge is 0.492 e. The first-order chi connectivity index (χ1) is 20.6. The molecule has 0 aromatic heterocycles. The van der Waals surface area contributed by atoms with E-state index in [1.807, 2.05) is 0 Å². The van der Waals surface area contributed by atoms with Gasteiger partial charge in [-0.3, -0.25) is 4.90 Å². The van der Waals surface area contributed by atoms with Gasteiger partial charge in [-0.2, -0.15) is 48.3 Å². The highest BCUT2D eigenvalue weighted by Crippen LogP contribution is 2.57. The minimum atomic E-state index is -7.69. The van der Waals surface area contributed by atoms with Crippen molar-refractivity contribution in [3.05, 3.63) is 59.9 Å². The van der Waals surface area contributed by atoms with Crippen LogP contribution in [0.15, 0.2) is 48.5 Å². The van der Waals surface area contributed by atoms with Crippen LogP contribution in [0.4, 0.5) is 57.5 Å². The van der Waals surface area contributed by atoms with Crippen LogP contribution in [0.2, 0.25) is 0 Å². The monoisotopic (exact) mass is 673 g/mol. The maximum Gasteiger partial charge on any atom is 0.460 e. The topological polar surface area (TPSA) is 85.3 Å². The van der Waals surface area contributed by atoms with Crippen LogP contribution >= 0.6 is 0 Å². The van der Waals surface area contributed by atoms with Gasteiger partial charge in [0.25, 0.3) is 0 Å². The number of carboxylic acids is 1. The highest BCUT2D eigenvalue weighted by molar-refractivity contribution is 5.72. The summed E-state index contributed by atoms with van der Waals surface area (Å²) in [6, 6.07) is 8.08. The highest BCUT2D eigenvalue weighted by Gasteiger charge is 2.87. The number of alkyl halides is 11. The van der Waals surface area contributed by atoms with Gasteiger partial charge in [-0.05, 0) is 48.9 Å². The maximum atomic E-state index is 14.5. The number of rotatable bonds is 15. The van der Waals surface area contributed by atoms with E-state index in [2.05, 4.69) is 4.74 Å². The number of carbonyl (C=O) groups excluding carboxylic acids is 1. The Kier molecular flexibility index (Phi) is 11.6. The molecule has 0 radical (unpaired) electrons. The Balaban J connectivity index is 2.27. The van der Waals surface area contributed by atoms with Crippen molar-refractivity contribution in [3.8, 4) is 11.5 Å². The van der Waals surface area contributed by atoms with E-state index in [4.69, 9.17) is 14.6 Å². The van der Waals surface area contributed by atoms with Gasteiger partial charge in [0.05, 0.1) is 13.1 Å². The lowest BCUT2D eigenvalue weighted by atomic mass is 9.97. The van der Waals surface area contributed by atoms with Gasteiger partial charge in [0.1, 0.15) is 23.9 Å². The number of ether oxygens (including phenoxy) is 3. The highest BCUT2D eigenvalue weighted by atomic mass is 19.4. The number of halogens is 12. The molecule has 1 amide bonds. The van der Waals surface area contributed by atoms with Crippen molar-refractivity contribution >= 4 is 12.1 Å². The molecule has 0 spiro atoms. The molecule has 19 heteroatoms. The molecule has 1 atom stereocenters. The van der Waals surface area contributed by atoms with Crippen LogP contribution in [0, 0.1) is 5.82 Å². The van der Waals surface area contributed by atoms with Crippen LogP contribution < -0.4 is 9.47 Å². The molecule has 1 unspecified atom stereocenters. The molecule has 2 rings (SSSR count). The summed E-state index contributed by atoms with van der Waals surface area (Å²) in [5, 5.41) is 9.15. The SMILES string of the molecule is CCOC(Cc1ccc(OCCN(CC(F)(F)C(F)(F)C(F)(F)C(F)(F)C(F)(F)F)C(=O)Oc2ccc(F)cc2)cc1)C(=O)O. The van der Waals surface area contributed by atoms with Crippen LogP contribution in [0.25, 0.3) is 0 Å². The summed E-state index contributed by atoms with van der Waals surface area (Å²) < 4.78 is 176. The second kappa shape index (κ2) is 14.0. The third-order valence-corrected chi connectivity index (χ3v) is 5.89. The molecule has 2 aromatic carbocycles. The summed E-state index contributed by atoms with van der Waals surface area (Å²) in [7, 11) is 0. The zero-order valence-corrected chi connectivity index (χ0v) is 22.7. The molecule has 0 bridgehead atoms. The lowest BCUT2D eigenvalue weighted by molar-refractivity contribution is -0.422. The lowest BCUT2D eigenvalue weighted by Gasteiger charge is -2.38. The molecule has 2 aromatic rings. The molecule has 0 aliphatic carbocycles. The quantitative estimate of drug-likeness (QED) is 0.209. The van der Waals surface area contributed by atoms with Crippen molar-refractivity contribution in [2.24, 2.45) is 0 Å². The smallest absolute Gasteiger partial charge is 0.460 e. The third kappa shape index (κ3) is 8.64. The Morgan fingerprint density at radius 3 is 1.82 bits per heavy atom. The summed E-state index contributed by atoms with van der Waals surface area (Å²) in [6.45, 7) is -3.30. The molecule has 1 N–H and O–H groups in total. The molecule has 0 aliphatic heterocycles. The van der Waals surface area contributed by atoms with Crippen molar-refractivity contribution in [1.82, 2.24) is 4.90 Å². The van der Waals surface area contributed by atoms with Crippen LogP contribution in [0.3, 0.4) is 0 Å². The van der Waals surface area contributed by atoms with E-state index < -0.39 is 84.2 Å². The minimum absolute atomic E-state index is 0.0812. The van der Waals surface area contributed by atoms with Crippen LogP contribution in [-0.2, 0) is 16.0 Å². The lowest BCUT2D eigenvalue weighted by Crippen LogP contribution is -2.68. The Morgan fingerprint density at radius 1 is 0.800 bits per heavy atom. The van der Waals surface area contributed by atoms with Gasteiger partial charge in [0, 0.05) is 13.0 Å². The Bertz CT molecular complexity index is 1290. The van der Waals surface area contributed by atoms with E-state index in [1.54, 1.807) is 6.92 Å². The molecule has 252 valence electrons. The number of carboxylic acid groups (broad SMARTS) is 1. The summed E-state index contributed by atoms with van der Waals surface area (Å²) >= 11 is 0.